The molecule has 17 heavy (non-hydrogen) atoms. The molecule has 0 aromatic heterocycles. The predicted molar refractivity (Wildman–Crippen MR) is 70.2 cm³/mol. The lowest BCUT2D eigenvalue weighted by atomic mass is 10.1. The number of aryl methyl sites for hydroxylation is 1. The summed E-state index contributed by atoms with van der Waals surface area (Å²) in [6, 6.07) is 6.14. The molecule has 96 valence electrons. The van der Waals surface area contributed by atoms with Crippen LogP contribution in [0.2, 0.25) is 0 Å². The van der Waals surface area contributed by atoms with Crippen molar-refractivity contribution in [3.8, 4) is 0 Å². The van der Waals surface area contributed by atoms with Crippen molar-refractivity contribution < 1.29 is 9.84 Å². The number of benzene rings is 1. The monoisotopic (exact) mass is 238 g/mol. The molecule has 1 aromatic carbocycles. The van der Waals surface area contributed by atoms with E-state index >= 15 is 0 Å². The predicted octanol–water partition coefficient (Wildman–Crippen LogP) is 0.897. The summed E-state index contributed by atoms with van der Waals surface area (Å²) in [5, 5.41) is 9.66. The minimum atomic E-state index is -0.473. The van der Waals surface area contributed by atoms with Gasteiger partial charge in [0.25, 0.3) is 0 Å². The van der Waals surface area contributed by atoms with Gasteiger partial charge >= 0.3 is 0 Å². The van der Waals surface area contributed by atoms with Crippen LogP contribution < -0.4 is 10.6 Å². The number of hydrogen-bond donors (Lipinski definition) is 2. The van der Waals surface area contributed by atoms with E-state index in [4.69, 9.17) is 10.5 Å². The molecule has 1 rings (SSSR count). The Kier molecular flexibility index (Phi) is 5.41. The third kappa shape index (κ3) is 4.00. The first-order valence-electron chi connectivity index (χ1n) is 5.76. The first kappa shape index (κ1) is 14.0. The van der Waals surface area contributed by atoms with Gasteiger partial charge in [-0.1, -0.05) is 6.07 Å². The van der Waals surface area contributed by atoms with Gasteiger partial charge in [0.1, 0.15) is 0 Å². The first-order chi connectivity index (χ1) is 8.08. The lowest BCUT2D eigenvalue weighted by molar-refractivity contribution is 0.0695. The van der Waals surface area contributed by atoms with E-state index in [2.05, 4.69) is 6.07 Å². The zero-order valence-corrected chi connectivity index (χ0v) is 10.8. The summed E-state index contributed by atoms with van der Waals surface area (Å²) in [7, 11) is 3.54. The quantitative estimate of drug-likeness (QED) is 0.773. The summed E-state index contributed by atoms with van der Waals surface area (Å²) in [6.07, 6.45) is -0.473. The molecule has 0 amide bonds. The molecule has 0 aliphatic rings. The van der Waals surface area contributed by atoms with Crippen LogP contribution >= 0.6 is 0 Å². The smallest absolute Gasteiger partial charge is 0.0947 e. The fourth-order valence-electron chi connectivity index (χ4n) is 1.81. The normalized spacial score (nSPS) is 12.5. The molecule has 4 heteroatoms. The van der Waals surface area contributed by atoms with Gasteiger partial charge in [-0.2, -0.15) is 0 Å². The van der Waals surface area contributed by atoms with Crippen molar-refractivity contribution in [1.82, 2.24) is 0 Å². The molecule has 0 fully saturated rings. The Morgan fingerprint density at radius 2 is 2.18 bits per heavy atom. The molecular weight excluding hydrogens is 216 g/mol. The third-order valence-corrected chi connectivity index (χ3v) is 2.83. The minimum absolute atomic E-state index is 0.351. The molecular formula is C13H22N2O2. The van der Waals surface area contributed by atoms with E-state index < -0.39 is 6.10 Å². The van der Waals surface area contributed by atoms with Crippen molar-refractivity contribution in [1.29, 1.82) is 0 Å². The van der Waals surface area contributed by atoms with Gasteiger partial charge in [0.15, 0.2) is 0 Å². The van der Waals surface area contributed by atoms with E-state index in [0.29, 0.717) is 19.7 Å². The van der Waals surface area contributed by atoms with Crippen molar-refractivity contribution in [2.75, 3.05) is 32.2 Å². The average molecular weight is 238 g/mol. The second kappa shape index (κ2) is 6.59. The van der Waals surface area contributed by atoms with Gasteiger partial charge in [-0.05, 0) is 30.2 Å². The van der Waals surface area contributed by atoms with Crippen LogP contribution in [0.15, 0.2) is 18.2 Å². The molecule has 0 aliphatic heterocycles. The second-order valence-electron chi connectivity index (χ2n) is 4.30. The van der Waals surface area contributed by atoms with E-state index in [0.717, 1.165) is 11.3 Å². The number of anilines is 1. The lowest BCUT2D eigenvalue weighted by Gasteiger charge is -2.23. The molecule has 4 nitrogen and oxygen atoms in total. The highest BCUT2D eigenvalue weighted by Crippen LogP contribution is 2.18. The van der Waals surface area contributed by atoms with Gasteiger partial charge < -0.3 is 20.5 Å². The molecule has 0 saturated heterocycles. The molecule has 1 aromatic rings. The molecule has 0 bridgehead atoms. The Labute approximate surface area is 103 Å². The largest absolute Gasteiger partial charge is 0.389 e. The standard InChI is InChI=1S/C13H22N2O2/c1-10-6-12(5-4-11(10)7-14)15(2)8-13(16)9-17-3/h4-6,13,16H,7-9,14H2,1-3H3. The third-order valence-electron chi connectivity index (χ3n) is 2.83. The SMILES string of the molecule is COCC(O)CN(C)c1ccc(CN)c(C)c1. The molecule has 0 radical (unpaired) electrons. The van der Waals surface area contributed by atoms with E-state index in [9.17, 15) is 5.11 Å². The van der Waals surface area contributed by atoms with Crippen molar-refractivity contribution in [2.24, 2.45) is 5.73 Å². The summed E-state index contributed by atoms with van der Waals surface area (Å²) in [5.41, 5.74) is 9.04. The highest BCUT2D eigenvalue weighted by molar-refractivity contribution is 5.50. The summed E-state index contributed by atoms with van der Waals surface area (Å²) < 4.78 is 4.91. The average Bonchev–Trinajstić information content (AvgIpc) is 2.29. The number of aliphatic hydroxyl groups is 1. The molecule has 3 N–H and O–H groups in total. The van der Waals surface area contributed by atoms with Crippen molar-refractivity contribution in [2.45, 2.75) is 19.6 Å². The van der Waals surface area contributed by atoms with Crippen LogP contribution in [0.4, 0.5) is 5.69 Å². The first-order valence-corrected chi connectivity index (χ1v) is 5.76. The zero-order valence-electron chi connectivity index (χ0n) is 10.8. The van der Waals surface area contributed by atoms with Crippen LogP contribution in [0, 0.1) is 6.92 Å². The Balaban J connectivity index is 2.69. The van der Waals surface area contributed by atoms with E-state index in [1.807, 2.05) is 31.0 Å². The molecule has 1 unspecified atom stereocenters. The van der Waals surface area contributed by atoms with Crippen LogP contribution in [-0.2, 0) is 11.3 Å². The fraction of sp³-hybridized carbons (Fsp3) is 0.538. The maximum Gasteiger partial charge on any atom is 0.0947 e. The molecule has 0 saturated carbocycles. The van der Waals surface area contributed by atoms with Gasteiger partial charge in [0.2, 0.25) is 0 Å². The van der Waals surface area contributed by atoms with E-state index in [1.54, 1.807) is 7.11 Å². The number of hydrogen-bond acceptors (Lipinski definition) is 4. The van der Waals surface area contributed by atoms with Gasteiger partial charge in [0.05, 0.1) is 12.7 Å². The maximum atomic E-state index is 9.66. The van der Waals surface area contributed by atoms with Crippen LogP contribution in [0.25, 0.3) is 0 Å². The maximum absolute atomic E-state index is 9.66. The summed E-state index contributed by atoms with van der Waals surface area (Å²) in [5.74, 6) is 0. The summed E-state index contributed by atoms with van der Waals surface area (Å²) in [4.78, 5) is 2.01. The zero-order chi connectivity index (χ0) is 12.8. The van der Waals surface area contributed by atoms with Crippen molar-refractivity contribution >= 4 is 5.69 Å². The van der Waals surface area contributed by atoms with Crippen LogP contribution in [0.1, 0.15) is 11.1 Å². The highest BCUT2D eigenvalue weighted by atomic mass is 16.5. The molecule has 0 heterocycles. The summed E-state index contributed by atoms with van der Waals surface area (Å²) >= 11 is 0. The van der Waals surface area contributed by atoms with Gasteiger partial charge in [-0.15, -0.1) is 0 Å². The Hall–Kier alpha value is -1.10. The Morgan fingerprint density at radius 1 is 1.47 bits per heavy atom. The van der Waals surface area contributed by atoms with E-state index in [-0.39, 0.29) is 0 Å². The number of methoxy groups -OCH3 is 1. The van der Waals surface area contributed by atoms with Gasteiger partial charge in [0, 0.05) is 32.9 Å². The Bertz CT molecular complexity index is 355. The van der Waals surface area contributed by atoms with Crippen molar-refractivity contribution in [3.05, 3.63) is 29.3 Å². The number of rotatable bonds is 6. The number of likely N-dealkylation sites (N-methyl/N-ethyl adjacent to an activating group) is 1. The number of nitrogens with two attached hydrogens (primary N) is 1. The van der Waals surface area contributed by atoms with Crippen LogP contribution in [0.3, 0.4) is 0 Å². The minimum Gasteiger partial charge on any atom is -0.389 e. The molecule has 0 spiro atoms. The second-order valence-corrected chi connectivity index (χ2v) is 4.30. The van der Waals surface area contributed by atoms with Gasteiger partial charge in [-0.25, -0.2) is 0 Å². The van der Waals surface area contributed by atoms with Crippen molar-refractivity contribution in [3.63, 3.8) is 0 Å². The highest BCUT2D eigenvalue weighted by Gasteiger charge is 2.09. The lowest BCUT2D eigenvalue weighted by Crippen LogP contribution is -2.31. The number of nitrogens with zero attached hydrogens (tertiary/aromatic N) is 1. The number of aliphatic hydroxyl groups excluding tert-OH is 1. The molecule has 1 atom stereocenters. The van der Waals surface area contributed by atoms with Gasteiger partial charge in [-0.3, -0.25) is 0 Å². The van der Waals surface area contributed by atoms with Crippen LogP contribution in [-0.4, -0.2) is 38.5 Å². The topological polar surface area (TPSA) is 58.7 Å². The summed E-state index contributed by atoms with van der Waals surface area (Å²) in [6.45, 7) is 3.51. The molecule has 0 aliphatic carbocycles. The fourth-order valence-corrected chi connectivity index (χ4v) is 1.81. The number of ether oxygens (including phenoxy) is 1. The Morgan fingerprint density at radius 3 is 2.71 bits per heavy atom. The van der Waals surface area contributed by atoms with Crippen LogP contribution in [0.5, 0.6) is 0 Å². The van der Waals surface area contributed by atoms with E-state index in [1.165, 1.54) is 5.56 Å².